The van der Waals surface area contributed by atoms with Gasteiger partial charge in [-0.1, -0.05) is 38.3 Å². The van der Waals surface area contributed by atoms with E-state index < -0.39 is 0 Å². The van der Waals surface area contributed by atoms with Crippen molar-refractivity contribution in [3.05, 3.63) is 11.1 Å². The summed E-state index contributed by atoms with van der Waals surface area (Å²) in [5.41, 5.74) is 3.94. The van der Waals surface area contributed by atoms with Gasteiger partial charge in [-0.25, -0.2) is 0 Å². The Balaban J connectivity index is 2.79. The lowest BCUT2D eigenvalue weighted by atomic mass is 9.86. The summed E-state index contributed by atoms with van der Waals surface area (Å²) in [6.45, 7) is 11.6. The SMILES string of the molecule is CCCC1(C(C)=C(C)CC)CC1C. The van der Waals surface area contributed by atoms with Crippen molar-refractivity contribution in [1.29, 1.82) is 0 Å². The minimum Gasteiger partial charge on any atom is -0.0741 e. The Kier molecular flexibility index (Phi) is 3.21. The van der Waals surface area contributed by atoms with E-state index in [1.807, 2.05) is 0 Å². The number of hydrogen-bond acceptors (Lipinski definition) is 0. The zero-order chi connectivity index (χ0) is 10.1. The molecule has 2 atom stereocenters. The highest BCUT2D eigenvalue weighted by Crippen LogP contribution is 2.61. The lowest BCUT2D eigenvalue weighted by Crippen LogP contribution is -2.06. The molecular weight excluding hydrogens is 156 g/mol. The third kappa shape index (κ3) is 1.82. The molecule has 76 valence electrons. The molecule has 1 aliphatic rings. The van der Waals surface area contributed by atoms with Gasteiger partial charge in [0.05, 0.1) is 0 Å². The molecule has 1 saturated carbocycles. The molecule has 13 heavy (non-hydrogen) atoms. The van der Waals surface area contributed by atoms with Crippen molar-refractivity contribution >= 4 is 0 Å². The number of allylic oxidation sites excluding steroid dienone is 2. The molecule has 0 aromatic carbocycles. The summed E-state index contributed by atoms with van der Waals surface area (Å²) < 4.78 is 0. The first-order valence-corrected chi connectivity index (χ1v) is 5.75. The summed E-state index contributed by atoms with van der Waals surface area (Å²) >= 11 is 0. The van der Waals surface area contributed by atoms with Gasteiger partial charge in [-0.3, -0.25) is 0 Å². The van der Waals surface area contributed by atoms with Crippen molar-refractivity contribution in [2.24, 2.45) is 11.3 Å². The van der Waals surface area contributed by atoms with E-state index in [-0.39, 0.29) is 0 Å². The Morgan fingerprint density at radius 1 is 1.31 bits per heavy atom. The lowest BCUT2D eigenvalue weighted by molar-refractivity contribution is 0.490. The maximum absolute atomic E-state index is 2.40. The highest BCUT2D eigenvalue weighted by Gasteiger charge is 2.51. The van der Waals surface area contributed by atoms with Crippen LogP contribution in [0.2, 0.25) is 0 Å². The van der Waals surface area contributed by atoms with E-state index in [0.717, 1.165) is 5.92 Å². The third-order valence-corrected chi connectivity index (χ3v) is 4.07. The molecule has 0 nitrogen and oxygen atoms in total. The minimum atomic E-state index is 0.620. The summed E-state index contributed by atoms with van der Waals surface area (Å²) in [6, 6.07) is 0. The number of rotatable bonds is 4. The molecule has 1 aliphatic carbocycles. The van der Waals surface area contributed by atoms with Crippen LogP contribution in [0.3, 0.4) is 0 Å². The predicted molar refractivity (Wildman–Crippen MR) is 59.8 cm³/mol. The average Bonchev–Trinajstić information content (AvgIpc) is 2.76. The molecule has 0 aliphatic heterocycles. The van der Waals surface area contributed by atoms with Gasteiger partial charge < -0.3 is 0 Å². The van der Waals surface area contributed by atoms with E-state index in [4.69, 9.17) is 0 Å². The summed E-state index contributed by atoms with van der Waals surface area (Å²) in [4.78, 5) is 0. The molecular formula is C13H24. The average molecular weight is 180 g/mol. The van der Waals surface area contributed by atoms with E-state index in [1.165, 1.54) is 25.7 Å². The Bertz CT molecular complexity index is 212. The van der Waals surface area contributed by atoms with Gasteiger partial charge in [0.25, 0.3) is 0 Å². The second kappa shape index (κ2) is 3.86. The van der Waals surface area contributed by atoms with Crippen LogP contribution in [0.15, 0.2) is 11.1 Å². The molecule has 0 amide bonds. The van der Waals surface area contributed by atoms with Crippen molar-refractivity contribution in [2.45, 2.75) is 60.3 Å². The van der Waals surface area contributed by atoms with Crippen molar-refractivity contribution in [3.63, 3.8) is 0 Å². The standard InChI is InChI=1S/C13H24/c1-6-8-13(9-11(13)4)12(5)10(3)7-2/h11H,6-9H2,1-5H3. The summed E-state index contributed by atoms with van der Waals surface area (Å²) in [6.07, 6.45) is 5.39. The Hall–Kier alpha value is -0.260. The zero-order valence-corrected chi connectivity index (χ0v) is 9.91. The first-order valence-electron chi connectivity index (χ1n) is 5.75. The van der Waals surface area contributed by atoms with Crippen LogP contribution in [-0.2, 0) is 0 Å². The van der Waals surface area contributed by atoms with Gasteiger partial charge >= 0.3 is 0 Å². The van der Waals surface area contributed by atoms with Gasteiger partial charge in [0, 0.05) is 0 Å². The fraction of sp³-hybridized carbons (Fsp3) is 0.846. The fourth-order valence-corrected chi connectivity index (χ4v) is 2.68. The number of hydrogen-bond donors (Lipinski definition) is 0. The van der Waals surface area contributed by atoms with Gasteiger partial charge in [-0.15, -0.1) is 0 Å². The minimum absolute atomic E-state index is 0.620. The van der Waals surface area contributed by atoms with Gasteiger partial charge in [0.1, 0.15) is 0 Å². The molecule has 0 spiro atoms. The maximum atomic E-state index is 2.40. The summed E-state index contributed by atoms with van der Waals surface area (Å²) in [5.74, 6) is 0.939. The second-order valence-electron chi connectivity index (χ2n) is 4.77. The highest BCUT2D eigenvalue weighted by molar-refractivity contribution is 5.27. The summed E-state index contributed by atoms with van der Waals surface area (Å²) in [7, 11) is 0. The molecule has 0 radical (unpaired) electrons. The van der Waals surface area contributed by atoms with Gasteiger partial charge in [0.2, 0.25) is 0 Å². The topological polar surface area (TPSA) is 0 Å². The van der Waals surface area contributed by atoms with Crippen molar-refractivity contribution < 1.29 is 0 Å². The fourth-order valence-electron chi connectivity index (χ4n) is 2.68. The smallest absolute Gasteiger partial charge is 0.00596 e. The maximum Gasteiger partial charge on any atom is -0.00596 e. The van der Waals surface area contributed by atoms with Gasteiger partial charge in [0.15, 0.2) is 0 Å². The summed E-state index contributed by atoms with van der Waals surface area (Å²) in [5, 5.41) is 0. The molecule has 0 N–H and O–H groups in total. The molecule has 0 bridgehead atoms. The van der Waals surface area contributed by atoms with Crippen LogP contribution >= 0.6 is 0 Å². The van der Waals surface area contributed by atoms with E-state index >= 15 is 0 Å². The van der Waals surface area contributed by atoms with E-state index in [0.29, 0.717) is 5.41 Å². The molecule has 2 unspecified atom stereocenters. The second-order valence-corrected chi connectivity index (χ2v) is 4.77. The Labute approximate surface area is 83.4 Å². The molecule has 0 aromatic rings. The van der Waals surface area contributed by atoms with Crippen molar-refractivity contribution in [2.75, 3.05) is 0 Å². The molecule has 1 fully saturated rings. The first kappa shape index (κ1) is 10.8. The largest absolute Gasteiger partial charge is 0.0741 e. The van der Waals surface area contributed by atoms with Crippen LogP contribution in [0.1, 0.15) is 60.3 Å². The Morgan fingerprint density at radius 2 is 1.85 bits per heavy atom. The van der Waals surface area contributed by atoms with Crippen LogP contribution in [0.4, 0.5) is 0 Å². The van der Waals surface area contributed by atoms with Crippen LogP contribution in [0.25, 0.3) is 0 Å². The monoisotopic (exact) mass is 180 g/mol. The van der Waals surface area contributed by atoms with Gasteiger partial charge in [-0.05, 0) is 44.4 Å². The van der Waals surface area contributed by atoms with Crippen LogP contribution < -0.4 is 0 Å². The van der Waals surface area contributed by atoms with E-state index in [1.54, 1.807) is 11.1 Å². The van der Waals surface area contributed by atoms with Crippen molar-refractivity contribution in [1.82, 2.24) is 0 Å². The van der Waals surface area contributed by atoms with E-state index in [2.05, 4.69) is 34.6 Å². The molecule has 0 aromatic heterocycles. The quantitative estimate of drug-likeness (QED) is 0.556. The van der Waals surface area contributed by atoms with Crippen LogP contribution in [-0.4, -0.2) is 0 Å². The zero-order valence-electron chi connectivity index (χ0n) is 9.91. The van der Waals surface area contributed by atoms with Gasteiger partial charge in [-0.2, -0.15) is 0 Å². The van der Waals surface area contributed by atoms with Crippen molar-refractivity contribution in [3.8, 4) is 0 Å². The first-order chi connectivity index (χ1) is 6.08. The highest BCUT2D eigenvalue weighted by atomic mass is 14.6. The molecule has 0 heteroatoms. The molecule has 0 saturated heterocycles. The van der Waals surface area contributed by atoms with Crippen LogP contribution in [0.5, 0.6) is 0 Å². The molecule has 1 rings (SSSR count). The third-order valence-electron chi connectivity index (χ3n) is 4.07. The molecule has 0 heterocycles. The van der Waals surface area contributed by atoms with Crippen LogP contribution in [0, 0.1) is 11.3 Å². The predicted octanol–water partition coefficient (Wildman–Crippen LogP) is 4.56. The van der Waals surface area contributed by atoms with E-state index in [9.17, 15) is 0 Å². The Morgan fingerprint density at radius 3 is 2.15 bits per heavy atom. The normalized spacial score (nSPS) is 34.4. The lowest BCUT2D eigenvalue weighted by Gasteiger charge is -2.19.